The van der Waals surface area contributed by atoms with Gasteiger partial charge in [0, 0.05) is 13.1 Å². The van der Waals surface area contributed by atoms with Crippen molar-refractivity contribution in [1.29, 1.82) is 0 Å². The molecule has 2 rings (SSSR count). The van der Waals surface area contributed by atoms with E-state index in [4.69, 9.17) is 0 Å². The second-order valence-corrected chi connectivity index (χ2v) is 6.66. The summed E-state index contributed by atoms with van der Waals surface area (Å²) in [6, 6.07) is -0.198. The van der Waals surface area contributed by atoms with Crippen molar-refractivity contribution in [1.82, 2.24) is 10.2 Å². The SMILES string of the molecule is CCC1(CNC(=O)N2CCCC2(CC)C(=O)O)CCCC1. The van der Waals surface area contributed by atoms with Crippen molar-refractivity contribution in [2.45, 2.75) is 70.8 Å². The summed E-state index contributed by atoms with van der Waals surface area (Å²) < 4.78 is 0. The van der Waals surface area contributed by atoms with Crippen LogP contribution in [0.15, 0.2) is 0 Å². The standard InChI is InChI=1S/C16H28N2O3/c1-3-15(8-5-6-9-15)12-17-14(21)18-11-7-10-16(18,4-2)13(19)20/h3-12H2,1-2H3,(H,17,21)(H,19,20). The fourth-order valence-corrected chi connectivity index (χ4v) is 4.05. The van der Waals surface area contributed by atoms with Crippen LogP contribution in [0.25, 0.3) is 0 Å². The number of carboxylic acids is 1. The largest absolute Gasteiger partial charge is 0.479 e. The molecule has 1 unspecified atom stereocenters. The molecule has 1 atom stereocenters. The van der Waals surface area contributed by atoms with E-state index in [9.17, 15) is 14.7 Å². The maximum Gasteiger partial charge on any atom is 0.329 e. The molecule has 5 heteroatoms. The predicted octanol–water partition coefficient (Wildman–Crippen LogP) is 3.00. The van der Waals surface area contributed by atoms with Crippen LogP contribution in [-0.2, 0) is 4.79 Å². The molecular weight excluding hydrogens is 268 g/mol. The van der Waals surface area contributed by atoms with Crippen LogP contribution < -0.4 is 5.32 Å². The number of nitrogens with one attached hydrogen (secondary N) is 1. The molecule has 0 radical (unpaired) electrons. The summed E-state index contributed by atoms with van der Waals surface area (Å²) in [5.41, 5.74) is -0.771. The minimum absolute atomic E-state index is 0.198. The minimum atomic E-state index is -1.00. The summed E-state index contributed by atoms with van der Waals surface area (Å²) >= 11 is 0. The fourth-order valence-electron chi connectivity index (χ4n) is 4.05. The van der Waals surface area contributed by atoms with Crippen LogP contribution in [0.4, 0.5) is 4.79 Å². The Bertz CT molecular complexity index is 404. The Balaban J connectivity index is 2.01. The van der Waals surface area contributed by atoms with E-state index in [2.05, 4.69) is 12.2 Å². The molecule has 2 fully saturated rings. The highest BCUT2D eigenvalue weighted by Gasteiger charge is 2.48. The Morgan fingerprint density at radius 2 is 1.76 bits per heavy atom. The zero-order chi connectivity index (χ0) is 15.5. The minimum Gasteiger partial charge on any atom is -0.479 e. The van der Waals surface area contributed by atoms with E-state index in [1.807, 2.05) is 6.92 Å². The molecule has 0 spiro atoms. The highest BCUT2D eigenvalue weighted by atomic mass is 16.4. The number of hydrogen-bond acceptors (Lipinski definition) is 2. The zero-order valence-electron chi connectivity index (χ0n) is 13.3. The van der Waals surface area contributed by atoms with Gasteiger partial charge in [0.2, 0.25) is 0 Å². The number of hydrogen-bond donors (Lipinski definition) is 2. The number of carbonyl (C=O) groups excluding carboxylic acids is 1. The molecule has 21 heavy (non-hydrogen) atoms. The summed E-state index contributed by atoms with van der Waals surface area (Å²) in [7, 11) is 0. The highest BCUT2D eigenvalue weighted by Crippen LogP contribution is 2.40. The summed E-state index contributed by atoms with van der Waals surface area (Å²) in [6.45, 7) is 5.26. The van der Waals surface area contributed by atoms with Gasteiger partial charge in [-0.05, 0) is 43.9 Å². The smallest absolute Gasteiger partial charge is 0.329 e. The monoisotopic (exact) mass is 296 g/mol. The molecule has 1 aliphatic heterocycles. The van der Waals surface area contributed by atoms with Gasteiger partial charge < -0.3 is 15.3 Å². The van der Waals surface area contributed by atoms with Crippen molar-refractivity contribution >= 4 is 12.0 Å². The lowest BCUT2D eigenvalue weighted by Gasteiger charge is -2.35. The maximum atomic E-state index is 12.5. The average molecular weight is 296 g/mol. The first-order valence-corrected chi connectivity index (χ1v) is 8.28. The topological polar surface area (TPSA) is 69.6 Å². The van der Waals surface area contributed by atoms with Crippen LogP contribution in [0.1, 0.15) is 65.2 Å². The Morgan fingerprint density at radius 1 is 1.10 bits per heavy atom. The van der Waals surface area contributed by atoms with Gasteiger partial charge in [-0.2, -0.15) is 0 Å². The molecule has 2 aliphatic rings. The third-order valence-electron chi connectivity index (χ3n) is 5.75. The molecular formula is C16H28N2O3. The van der Waals surface area contributed by atoms with E-state index in [0.29, 0.717) is 25.9 Å². The molecule has 0 aromatic heterocycles. The Kier molecular flexibility index (Phi) is 4.79. The molecule has 2 N–H and O–H groups in total. The first-order valence-electron chi connectivity index (χ1n) is 8.28. The Morgan fingerprint density at radius 3 is 2.29 bits per heavy atom. The van der Waals surface area contributed by atoms with Crippen molar-refractivity contribution < 1.29 is 14.7 Å². The van der Waals surface area contributed by atoms with Gasteiger partial charge in [-0.25, -0.2) is 9.59 Å². The Hall–Kier alpha value is -1.26. The summed E-state index contributed by atoms with van der Waals surface area (Å²) in [6.07, 6.45) is 7.68. The third kappa shape index (κ3) is 2.87. The van der Waals surface area contributed by atoms with E-state index in [-0.39, 0.29) is 11.4 Å². The molecule has 2 amide bonds. The summed E-state index contributed by atoms with van der Waals surface area (Å²) in [5, 5.41) is 12.6. The lowest BCUT2D eigenvalue weighted by atomic mass is 9.83. The van der Waals surface area contributed by atoms with Crippen LogP contribution in [0.3, 0.4) is 0 Å². The second kappa shape index (κ2) is 6.24. The lowest BCUT2D eigenvalue weighted by molar-refractivity contribution is -0.148. The lowest BCUT2D eigenvalue weighted by Crippen LogP contribution is -2.56. The van der Waals surface area contributed by atoms with Gasteiger partial charge in [0.25, 0.3) is 0 Å². The van der Waals surface area contributed by atoms with Gasteiger partial charge in [0.1, 0.15) is 5.54 Å². The van der Waals surface area contributed by atoms with Gasteiger partial charge in [-0.1, -0.05) is 26.7 Å². The second-order valence-electron chi connectivity index (χ2n) is 6.66. The quantitative estimate of drug-likeness (QED) is 0.819. The van der Waals surface area contributed by atoms with Crippen LogP contribution >= 0.6 is 0 Å². The van der Waals surface area contributed by atoms with E-state index in [1.165, 1.54) is 25.7 Å². The molecule has 1 heterocycles. The molecule has 0 aromatic rings. The van der Waals surface area contributed by atoms with Crippen LogP contribution in [-0.4, -0.2) is 40.6 Å². The summed E-state index contributed by atoms with van der Waals surface area (Å²) in [4.78, 5) is 25.7. The highest BCUT2D eigenvalue weighted by molar-refractivity contribution is 5.87. The van der Waals surface area contributed by atoms with Gasteiger partial charge in [-0.15, -0.1) is 0 Å². The van der Waals surface area contributed by atoms with Gasteiger partial charge in [-0.3, -0.25) is 0 Å². The predicted molar refractivity (Wildman–Crippen MR) is 81.2 cm³/mol. The first kappa shape index (κ1) is 16.1. The first-order chi connectivity index (χ1) is 9.99. The zero-order valence-corrected chi connectivity index (χ0v) is 13.3. The van der Waals surface area contributed by atoms with Crippen molar-refractivity contribution in [3.63, 3.8) is 0 Å². The molecule has 1 aliphatic carbocycles. The molecule has 0 bridgehead atoms. The van der Waals surface area contributed by atoms with Crippen molar-refractivity contribution in [3.8, 4) is 0 Å². The number of amides is 2. The van der Waals surface area contributed by atoms with E-state index >= 15 is 0 Å². The molecule has 0 aromatic carbocycles. The Labute approximate surface area is 127 Å². The number of aliphatic carboxylic acids is 1. The molecule has 120 valence electrons. The van der Waals surface area contributed by atoms with E-state index in [1.54, 1.807) is 4.90 Å². The van der Waals surface area contributed by atoms with Gasteiger partial charge in [0.15, 0.2) is 0 Å². The normalized spacial score (nSPS) is 27.8. The number of carboxylic acid groups (broad SMARTS) is 1. The number of urea groups is 1. The van der Waals surface area contributed by atoms with Crippen LogP contribution in [0.2, 0.25) is 0 Å². The molecule has 5 nitrogen and oxygen atoms in total. The maximum absolute atomic E-state index is 12.5. The fraction of sp³-hybridized carbons (Fsp3) is 0.875. The van der Waals surface area contributed by atoms with Crippen LogP contribution in [0, 0.1) is 5.41 Å². The molecule has 1 saturated heterocycles. The van der Waals surface area contributed by atoms with Gasteiger partial charge >= 0.3 is 12.0 Å². The molecule has 1 saturated carbocycles. The van der Waals surface area contributed by atoms with Gasteiger partial charge in [0.05, 0.1) is 0 Å². The van der Waals surface area contributed by atoms with Crippen molar-refractivity contribution in [3.05, 3.63) is 0 Å². The van der Waals surface area contributed by atoms with E-state index in [0.717, 1.165) is 12.8 Å². The average Bonchev–Trinajstić information content (AvgIpc) is 3.12. The number of carbonyl (C=O) groups is 2. The van der Waals surface area contributed by atoms with Crippen molar-refractivity contribution in [2.24, 2.45) is 5.41 Å². The van der Waals surface area contributed by atoms with Crippen LogP contribution in [0.5, 0.6) is 0 Å². The number of nitrogens with zero attached hydrogens (tertiary/aromatic N) is 1. The third-order valence-corrected chi connectivity index (χ3v) is 5.75. The van der Waals surface area contributed by atoms with Crippen molar-refractivity contribution in [2.75, 3.05) is 13.1 Å². The summed E-state index contributed by atoms with van der Waals surface area (Å²) in [5.74, 6) is -0.872. The number of likely N-dealkylation sites (tertiary alicyclic amines) is 1. The van der Waals surface area contributed by atoms with E-state index < -0.39 is 11.5 Å². The number of rotatable bonds is 5.